The van der Waals surface area contributed by atoms with Gasteiger partial charge in [-0.2, -0.15) is 0 Å². The van der Waals surface area contributed by atoms with Crippen LogP contribution in [0.3, 0.4) is 0 Å². The van der Waals surface area contributed by atoms with Crippen molar-refractivity contribution in [2.45, 2.75) is 65.3 Å². The normalized spacial score (nSPS) is 23.2. The van der Waals surface area contributed by atoms with E-state index in [-0.39, 0.29) is 12.0 Å². The van der Waals surface area contributed by atoms with Crippen molar-refractivity contribution in [1.29, 1.82) is 0 Å². The first kappa shape index (κ1) is 19.5. The van der Waals surface area contributed by atoms with Crippen molar-refractivity contribution >= 4 is 5.96 Å². The third-order valence-corrected chi connectivity index (χ3v) is 6.16. The predicted octanol–water partition coefficient (Wildman–Crippen LogP) is 2.31. The Hall–Kier alpha value is -0.810. The molecule has 0 radical (unpaired) electrons. The third-order valence-electron chi connectivity index (χ3n) is 6.16. The Labute approximate surface area is 148 Å². The average Bonchev–Trinajstić information content (AvgIpc) is 3.28. The highest BCUT2D eigenvalue weighted by Gasteiger charge is 2.31. The first-order chi connectivity index (χ1) is 11.7. The molecule has 1 unspecified atom stereocenters. The number of aliphatic imine (C=N–C) groups is 1. The zero-order valence-electron chi connectivity index (χ0n) is 16.1. The fraction of sp³-hybridized carbons (Fsp3) is 0.947. The molecule has 1 atom stereocenters. The number of aliphatic hydroxyl groups excluding tert-OH is 1. The van der Waals surface area contributed by atoms with E-state index >= 15 is 0 Å². The van der Waals surface area contributed by atoms with Gasteiger partial charge in [-0.15, -0.1) is 0 Å². The summed E-state index contributed by atoms with van der Waals surface area (Å²) in [7, 11) is 0. The Balaban J connectivity index is 1.99. The van der Waals surface area contributed by atoms with Crippen LogP contribution in [0.2, 0.25) is 0 Å². The second-order valence-electron chi connectivity index (χ2n) is 7.48. The van der Waals surface area contributed by atoms with E-state index in [4.69, 9.17) is 4.99 Å². The van der Waals surface area contributed by atoms with Crippen molar-refractivity contribution in [3.05, 3.63) is 0 Å². The summed E-state index contributed by atoms with van der Waals surface area (Å²) in [5.41, 5.74) is 0.142. The molecule has 24 heavy (non-hydrogen) atoms. The summed E-state index contributed by atoms with van der Waals surface area (Å²) in [6.07, 6.45) is 6.97. The van der Waals surface area contributed by atoms with E-state index in [0.717, 1.165) is 51.4 Å². The summed E-state index contributed by atoms with van der Waals surface area (Å²) in [6, 6.07) is 0.705. The third kappa shape index (κ3) is 4.85. The van der Waals surface area contributed by atoms with Gasteiger partial charge in [0.1, 0.15) is 0 Å². The van der Waals surface area contributed by atoms with Gasteiger partial charge in [-0.05, 0) is 64.0 Å². The molecule has 5 nitrogen and oxygen atoms in total. The molecule has 0 aromatic heterocycles. The summed E-state index contributed by atoms with van der Waals surface area (Å²) >= 11 is 0. The van der Waals surface area contributed by atoms with Crippen LogP contribution in [0.5, 0.6) is 0 Å². The Kier molecular flexibility index (Phi) is 7.82. The van der Waals surface area contributed by atoms with Crippen LogP contribution in [0.1, 0.15) is 59.3 Å². The smallest absolute Gasteiger partial charge is 0.193 e. The highest BCUT2D eigenvalue weighted by molar-refractivity contribution is 5.80. The summed E-state index contributed by atoms with van der Waals surface area (Å²) < 4.78 is 0. The standard InChI is InChI=1S/C19H38N4O/c1-4-19(5-2,10-14-24)16-21-18(20-6-3)23-13-9-17(15-23)22-11-7-8-12-22/h17,24H,4-16H2,1-3H3,(H,20,21). The second kappa shape index (κ2) is 9.62. The van der Waals surface area contributed by atoms with Gasteiger partial charge in [0, 0.05) is 38.8 Å². The maximum Gasteiger partial charge on any atom is 0.193 e. The maximum atomic E-state index is 9.42. The number of nitrogens with one attached hydrogen (secondary N) is 1. The quantitative estimate of drug-likeness (QED) is 0.527. The van der Waals surface area contributed by atoms with Crippen LogP contribution < -0.4 is 5.32 Å². The monoisotopic (exact) mass is 338 g/mol. The molecule has 0 aliphatic carbocycles. The fourth-order valence-electron chi connectivity index (χ4n) is 4.15. The first-order valence-electron chi connectivity index (χ1n) is 10.1. The van der Waals surface area contributed by atoms with Crippen LogP contribution in [0.4, 0.5) is 0 Å². The number of aliphatic hydroxyl groups is 1. The zero-order chi connectivity index (χ0) is 17.4. The highest BCUT2D eigenvalue weighted by atomic mass is 16.3. The minimum absolute atomic E-state index is 0.142. The molecule has 2 aliphatic rings. The lowest BCUT2D eigenvalue weighted by atomic mass is 9.79. The summed E-state index contributed by atoms with van der Waals surface area (Å²) in [4.78, 5) is 10.1. The van der Waals surface area contributed by atoms with E-state index in [1.807, 2.05) is 0 Å². The van der Waals surface area contributed by atoms with E-state index in [1.165, 1.54) is 32.4 Å². The van der Waals surface area contributed by atoms with Gasteiger partial charge in [0.15, 0.2) is 5.96 Å². The number of hydrogen-bond acceptors (Lipinski definition) is 3. The molecule has 0 amide bonds. The van der Waals surface area contributed by atoms with E-state index in [9.17, 15) is 5.11 Å². The van der Waals surface area contributed by atoms with Crippen molar-refractivity contribution in [3.63, 3.8) is 0 Å². The van der Waals surface area contributed by atoms with Gasteiger partial charge in [0.05, 0.1) is 0 Å². The second-order valence-corrected chi connectivity index (χ2v) is 7.48. The molecule has 2 saturated heterocycles. The largest absolute Gasteiger partial charge is 0.396 e. The van der Waals surface area contributed by atoms with E-state index in [1.54, 1.807) is 0 Å². The lowest BCUT2D eigenvalue weighted by Crippen LogP contribution is -2.43. The number of hydrogen-bond donors (Lipinski definition) is 2. The molecule has 140 valence electrons. The summed E-state index contributed by atoms with van der Waals surface area (Å²) in [5.74, 6) is 1.07. The molecule has 0 spiro atoms. The van der Waals surface area contributed by atoms with Gasteiger partial charge in [-0.1, -0.05) is 13.8 Å². The Bertz CT molecular complexity index is 389. The molecule has 2 rings (SSSR count). The van der Waals surface area contributed by atoms with Crippen LogP contribution in [0.15, 0.2) is 4.99 Å². The van der Waals surface area contributed by atoms with Crippen molar-refractivity contribution < 1.29 is 5.11 Å². The topological polar surface area (TPSA) is 51.1 Å². The zero-order valence-corrected chi connectivity index (χ0v) is 16.1. The number of nitrogens with zero attached hydrogens (tertiary/aromatic N) is 3. The molecule has 2 fully saturated rings. The minimum Gasteiger partial charge on any atom is -0.396 e. The van der Waals surface area contributed by atoms with Gasteiger partial charge in [0.25, 0.3) is 0 Å². The van der Waals surface area contributed by atoms with Crippen molar-refractivity contribution in [2.24, 2.45) is 10.4 Å². The van der Waals surface area contributed by atoms with Gasteiger partial charge >= 0.3 is 0 Å². The molecule has 0 bridgehead atoms. The fourth-order valence-corrected chi connectivity index (χ4v) is 4.15. The predicted molar refractivity (Wildman–Crippen MR) is 101 cm³/mol. The summed E-state index contributed by atoms with van der Waals surface area (Å²) in [5, 5.41) is 12.9. The lowest BCUT2D eigenvalue weighted by Gasteiger charge is -2.31. The van der Waals surface area contributed by atoms with Crippen molar-refractivity contribution in [2.75, 3.05) is 45.9 Å². The average molecular weight is 339 g/mol. The lowest BCUT2D eigenvalue weighted by molar-refractivity contribution is 0.175. The van der Waals surface area contributed by atoms with Crippen LogP contribution >= 0.6 is 0 Å². The van der Waals surface area contributed by atoms with E-state index < -0.39 is 0 Å². The molecule has 0 aromatic carbocycles. The van der Waals surface area contributed by atoms with Crippen LogP contribution in [-0.2, 0) is 0 Å². The van der Waals surface area contributed by atoms with Gasteiger partial charge < -0.3 is 15.3 Å². The van der Waals surface area contributed by atoms with Gasteiger partial charge in [-0.3, -0.25) is 9.89 Å². The van der Waals surface area contributed by atoms with E-state index in [0.29, 0.717) is 6.04 Å². The molecule has 2 heterocycles. The SMILES string of the molecule is CCNC(=NCC(CC)(CC)CCO)N1CCC(N2CCCC2)C1. The van der Waals surface area contributed by atoms with Crippen LogP contribution in [0, 0.1) is 5.41 Å². The molecule has 2 aliphatic heterocycles. The van der Waals surface area contributed by atoms with E-state index in [2.05, 4.69) is 35.9 Å². The molecule has 0 aromatic rings. The molecule has 0 saturated carbocycles. The number of guanidine groups is 1. The Morgan fingerprint density at radius 3 is 2.46 bits per heavy atom. The highest BCUT2D eigenvalue weighted by Crippen LogP contribution is 2.31. The molecule has 5 heteroatoms. The Morgan fingerprint density at radius 1 is 1.17 bits per heavy atom. The van der Waals surface area contributed by atoms with Crippen LogP contribution in [0.25, 0.3) is 0 Å². The molecular formula is C19H38N4O. The molecular weight excluding hydrogens is 300 g/mol. The van der Waals surface area contributed by atoms with Crippen molar-refractivity contribution in [3.8, 4) is 0 Å². The number of rotatable bonds is 8. The van der Waals surface area contributed by atoms with Crippen LogP contribution in [-0.4, -0.2) is 72.8 Å². The maximum absolute atomic E-state index is 9.42. The minimum atomic E-state index is 0.142. The Morgan fingerprint density at radius 2 is 1.88 bits per heavy atom. The van der Waals surface area contributed by atoms with Gasteiger partial charge in [-0.25, -0.2) is 0 Å². The summed E-state index contributed by atoms with van der Waals surface area (Å²) in [6.45, 7) is 13.3. The van der Waals surface area contributed by atoms with Gasteiger partial charge in [0.2, 0.25) is 0 Å². The van der Waals surface area contributed by atoms with Crippen molar-refractivity contribution in [1.82, 2.24) is 15.1 Å². The molecule has 2 N–H and O–H groups in total. The number of likely N-dealkylation sites (tertiary alicyclic amines) is 2. The first-order valence-corrected chi connectivity index (χ1v) is 10.1.